The lowest BCUT2D eigenvalue weighted by Crippen LogP contribution is -2.09. The minimum Gasteiger partial charge on any atom is -0.316 e. The average molecular weight is 194 g/mol. The van der Waals surface area contributed by atoms with Gasteiger partial charge in [-0.2, -0.15) is 5.10 Å². The number of nitrogens with zero attached hydrogens (tertiary/aromatic N) is 2. The Hall–Kier alpha value is -0.900. The van der Waals surface area contributed by atoms with Gasteiger partial charge in [-0.3, -0.25) is 5.10 Å². The number of H-pyrrole nitrogens is 1. The summed E-state index contributed by atoms with van der Waals surface area (Å²) in [6.45, 7) is 8.59. The molecule has 0 amide bonds. The maximum absolute atomic E-state index is 4.54. The van der Waals surface area contributed by atoms with Crippen LogP contribution in [0.4, 0.5) is 0 Å². The Labute approximate surface area is 84.5 Å². The van der Waals surface area contributed by atoms with Gasteiger partial charge in [-0.25, -0.2) is 4.98 Å². The summed E-state index contributed by atoms with van der Waals surface area (Å²) in [5.74, 6) is 3.55. The van der Waals surface area contributed by atoms with Gasteiger partial charge in [0.2, 0.25) is 0 Å². The van der Waals surface area contributed by atoms with Crippen molar-refractivity contribution in [3.8, 4) is 0 Å². The van der Waals surface area contributed by atoms with Gasteiger partial charge < -0.3 is 5.32 Å². The van der Waals surface area contributed by atoms with Crippen LogP contribution in [0.3, 0.4) is 0 Å². The van der Waals surface area contributed by atoms with E-state index in [0.717, 1.165) is 24.7 Å². The van der Waals surface area contributed by atoms with Gasteiger partial charge in [0, 0.05) is 18.4 Å². The van der Waals surface area contributed by atoms with Crippen molar-refractivity contribution in [1.29, 1.82) is 0 Å². The average Bonchev–Trinajstić information content (AvgIpc) is 2.71. The second-order valence-electron chi connectivity index (χ2n) is 4.48. The highest BCUT2D eigenvalue weighted by Crippen LogP contribution is 2.25. The second-order valence-corrected chi connectivity index (χ2v) is 4.48. The van der Waals surface area contributed by atoms with Crippen LogP contribution < -0.4 is 5.32 Å². The van der Waals surface area contributed by atoms with Crippen molar-refractivity contribution in [3.63, 3.8) is 0 Å². The van der Waals surface area contributed by atoms with E-state index in [9.17, 15) is 0 Å². The monoisotopic (exact) mass is 194 g/mol. The molecule has 1 fully saturated rings. The van der Waals surface area contributed by atoms with Crippen molar-refractivity contribution in [2.75, 3.05) is 13.1 Å². The fraction of sp³-hybridized carbons (Fsp3) is 0.800. The van der Waals surface area contributed by atoms with E-state index in [1.165, 1.54) is 0 Å². The van der Waals surface area contributed by atoms with Crippen LogP contribution in [-0.2, 0) is 0 Å². The van der Waals surface area contributed by atoms with Crippen LogP contribution in [0, 0.1) is 5.92 Å². The maximum atomic E-state index is 4.54. The number of aromatic nitrogens is 3. The molecule has 2 atom stereocenters. The maximum Gasteiger partial charge on any atom is 0.153 e. The predicted molar refractivity (Wildman–Crippen MR) is 55.2 cm³/mol. The molecule has 4 heteroatoms. The molecule has 0 saturated carbocycles. The summed E-state index contributed by atoms with van der Waals surface area (Å²) in [5, 5.41) is 10.7. The fourth-order valence-electron chi connectivity index (χ4n) is 1.89. The third kappa shape index (κ3) is 1.66. The van der Waals surface area contributed by atoms with Gasteiger partial charge in [-0.15, -0.1) is 0 Å². The molecular formula is C10H18N4. The smallest absolute Gasteiger partial charge is 0.153 e. The molecule has 1 aliphatic rings. The predicted octanol–water partition coefficient (Wildman–Crippen LogP) is 1.25. The number of aromatic amines is 1. The number of hydrogen-bond acceptors (Lipinski definition) is 3. The Morgan fingerprint density at radius 3 is 2.64 bits per heavy atom. The van der Waals surface area contributed by atoms with E-state index in [2.05, 4.69) is 41.3 Å². The molecule has 0 aliphatic carbocycles. The molecule has 2 heterocycles. The Kier molecular flexibility index (Phi) is 2.54. The van der Waals surface area contributed by atoms with Crippen LogP contribution in [0.5, 0.6) is 0 Å². The van der Waals surface area contributed by atoms with Crippen LogP contribution in [0.2, 0.25) is 0 Å². The lowest BCUT2D eigenvalue weighted by Gasteiger charge is -2.09. The van der Waals surface area contributed by atoms with E-state index in [1.54, 1.807) is 0 Å². The Morgan fingerprint density at radius 2 is 2.14 bits per heavy atom. The third-order valence-corrected chi connectivity index (χ3v) is 2.91. The summed E-state index contributed by atoms with van der Waals surface area (Å²) < 4.78 is 0. The quantitative estimate of drug-likeness (QED) is 0.745. The summed E-state index contributed by atoms with van der Waals surface area (Å²) in [6, 6.07) is 0. The Balaban J connectivity index is 2.16. The highest BCUT2D eigenvalue weighted by Gasteiger charge is 2.27. The topological polar surface area (TPSA) is 53.6 Å². The third-order valence-electron chi connectivity index (χ3n) is 2.91. The van der Waals surface area contributed by atoms with E-state index in [-0.39, 0.29) is 0 Å². The molecule has 1 aromatic heterocycles. The molecule has 0 radical (unpaired) electrons. The minimum atomic E-state index is 0.407. The van der Waals surface area contributed by atoms with Crippen LogP contribution in [0.1, 0.15) is 44.3 Å². The molecule has 2 unspecified atom stereocenters. The first-order valence-corrected chi connectivity index (χ1v) is 5.31. The normalized spacial score (nSPS) is 27.4. The molecule has 2 rings (SSSR count). The molecule has 78 valence electrons. The van der Waals surface area contributed by atoms with E-state index in [4.69, 9.17) is 0 Å². The highest BCUT2D eigenvalue weighted by atomic mass is 15.2. The van der Waals surface area contributed by atoms with Crippen molar-refractivity contribution in [2.45, 2.75) is 32.6 Å². The summed E-state index contributed by atoms with van der Waals surface area (Å²) in [7, 11) is 0. The molecule has 1 aliphatic heterocycles. The molecule has 4 nitrogen and oxygen atoms in total. The van der Waals surface area contributed by atoms with Crippen molar-refractivity contribution in [2.24, 2.45) is 5.92 Å². The van der Waals surface area contributed by atoms with Crippen LogP contribution >= 0.6 is 0 Å². The molecule has 0 bridgehead atoms. The Morgan fingerprint density at radius 1 is 1.36 bits per heavy atom. The lowest BCUT2D eigenvalue weighted by molar-refractivity contribution is 0.547. The molecule has 0 spiro atoms. The fourth-order valence-corrected chi connectivity index (χ4v) is 1.89. The van der Waals surface area contributed by atoms with E-state index < -0.39 is 0 Å². The zero-order chi connectivity index (χ0) is 10.1. The number of rotatable bonds is 2. The first kappa shape index (κ1) is 9.65. The number of nitrogens with one attached hydrogen (secondary N) is 2. The lowest BCUT2D eigenvalue weighted by atomic mass is 9.98. The summed E-state index contributed by atoms with van der Waals surface area (Å²) in [5.41, 5.74) is 0. The van der Waals surface area contributed by atoms with Crippen LogP contribution in [-0.4, -0.2) is 28.3 Å². The van der Waals surface area contributed by atoms with E-state index >= 15 is 0 Å². The second kappa shape index (κ2) is 3.69. The van der Waals surface area contributed by atoms with Crippen LogP contribution in [0.15, 0.2) is 0 Å². The molecule has 1 saturated heterocycles. The van der Waals surface area contributed by atoms with Gasteiger partial charge >= 0.3 is 0 Å². The first-order chi connectivity index (χ1) is 6.68. The molecule has 1 aromatic rings. The van der Waals surface area contributed by atoms with Crippen LogP contribution in [0.25, 0.3) is 0 Å². The van der Waals surface area contributed by atoms with Gasteiger partial charge in [0.25, 0.3) is 0 Å². The van der Waals surface area contributed by atoms with Crippen molar-refractivity contribution < 1.29 is 0 Å². The van der Waals surface area contributed by atoms with Gasteiger partial charge in [0.1, 0.15) is 5.82 Å². The zero-order valence-corrected chi connectivity index (χ0v) is 9.04. The first-order valence-electron chi connectivity index (χ1n) is 5.31. The summed E-state index contributed by atoms with van der Waals surface area (Å²) >= 11 is 0. The van der Waals surface area contributed by atoms with Gasteiger partial charge in [-0.05, 0) is 12.5 Å². The molecular weight excluding hydrogens is 176 g/mol. The highest BCUT2D eigenvalue weighted by molar-refractivity contribution is 5.05. The number of hydrogen-bond donors (Lipinski definition) is 2. The van der Waals surface area contributed by atoms with E-state index in [1.807, 2.05) is 0 Å². The van der Waals surface area contributed by atoms with Gasteiger partial charge in [0.05, 0.1) is 0 Å². The molecule has 14 heavy (non-hydrogen) atoms. The minimum absolute atomic E-state index is 0.407. The molecule has 0 aromatic carbocycles. The van der Waals surface area contributed by atoms with E-state index in [0.29, 0.717) is 17.8 Å². The van der Waals surface area contributed by atoms with Gasteiger partial charge in [0.15, 0.2) is 5.82 Å². The largest absolute Gasteiger partial charge is 0.316 e. The zero-order valence-electron chi connectivity index (χ0n) is 9.04. The summed E-state index contributed by atoms with van der Waals surface area (Å²) in [6.07, 6.45) is 0. The molecule has 2 N–H and O–H groups in total. The standard InChI is InChI=1S/C10H18N4/c1-6(2)9-12-10(14-13-9)8-5-11-4-7(8)3/h6-8,11H,4-5H2,1-3H3,(H,12,13,14). The Bertz CT molecular complexity index is 305. The summed E-state index contributed by atoms with van der Waals surface area (Å²) in [4.78, 5) is 4.54. The van der Waals surface area contributed by atoms with Crippen molar-refractivity contribution in [3.05, 3.63) is 11.6 Å². The SMILES string of the molecule is CC(C)c1n[nH]c(C2CNCC2C)n1. The van der Waals surface area contributed by atoms with Crippen molar-refractivity contribution >= 4 is 0 Å². The van der Waals surface area contributed by atoms with Crippen molar-refractivity contribution in [1.82, 2.24) is 20.5 Å². The van der Waals surface area contributed by atoms with Gasteiger partial charge in [-0.1, -0.05) is 20.8 Å².